The Balaban J connectivity index is 0.00000288. The molecule has 4 nitrogen and oxygen atoms in total. The quantitative estimate of drug-likeness (QED) is 0.736. The van der Waals surface area contributed by atoms with Crippen molar-refractivity contribution in [3.63, 3.8) is 0 Å². The van der Waals surface area contributed by atoms with E-state index in [2.05, 4.69) is 34.5 Å². The Morgan fingerprint density at radius 2 is 1.40 bits per heavy atom. The molecule has 0 heterocycles. The van der Waals surface area contributed by atoms with E-state index in [9.17, 15) is 4.79 Å². The fourth-order valence-electron chi connectivity index (χ4n) is 2.43. The molecule has 0 radical (unpaired) electrons. The molecular formula is C19H27Cl2N3O. The summed E-state index contributed by atoms with van der Waals surface area (Å²) in [6.45, 7) is 4.19. The second-order valence-corrected chi connectivity index (χ2v) is 5.82. The molecule has 0 aliphatic heterocycles. The largest absolute Gasteiger partial charge is 0.351 e. The molecule has 25 heavy (non-hydrogen) atoms. The van der Waals surface area contributed by atoms with Crippen LogP contribution in [-0.2, 0) is 17.9 Å². The van der Waals surface area contributed by atoms with Crippen LogP contribution in [0.25, 0.3) is 0 Å². The van der Waals surface area contributed by atoms with Crippen molar-refractivity contribution in [2.75, 3.05) is 13.1 Å². The molecule has 0 saturated carbocycles. The first kappa shape index (κ1) is 23.4. The molecule has 0 aliphatic rings. The third-order valence-electron chi connectivity index (χ3n) is 3.63. The number of carbonyl (C=O) groups excluding carboxylic acids is 1. The first-order valence-electron chi connectivity index (χ1n) is 7.97. The van der Waals surface area contributed by atoms with E-state index in [0.29, 0.717) is 13.1 Å². The summed E-state index contributed by atoms with van der Waals surface area (Å²) in [6.07, 6.45) is 0. The van der Waals surface area contributed by atoms with E-state index in [1.807, 2.05) is 43.3 Å². The molecule has 0 spiro atoms. The molecule has 3 N–H and O–H groups in total. The van der Waals surface area contributed by atoms with Crippen LogP contribution >= 0.6 is 24.8 Å². The van der Waals surface area contributed by atoms with E-state index in [1.54, 1.807) is 0 Å². The van der Waals surface area contributed by atoms with Crippen molar-refractivity contribution in [1.29, 1.82) is 0 Å². The maximum absolute atomic E-state index is 12.2. The van der Waals surface area contributed by atoms with Crippen molar-refractivity contribution in [3.8, 4) is 0 Å². The monoisotopic (exact) mass is 383 g/mol. The van der Waals surface area contributed by atoms with Crippen LogP contribution in [0.4, 0.5) is 0 Å². The summed E-state index contributed by atoms with van der Waals surface area (Å²) in [5, 5.41) is 2.93. The molecule has 0 saturated heterocycles. The minimum absolute atomic E-state index is 0. The standard InChI is InChI=1S/C19H25N3O.2ClH/c1-16(12-20)21-19(23)15-22(13-17-8-4-2-5-9-17)14-18-10-6-3-7-11-18;;/h2-11,16H,12-15,20H2,1H3,(H,21,23);2*1H/t16-;;/m0../s1. The minimum atomic E-state index is -0.00204. The molecule has 0 aromatic heterocycles. The number of halogens is 2. The summed E-state index contributed by atoms with van der Waals surface area (Å²) in [7, 11) is 0. The first-order valence-corrected chi connectivity index (χ1v) is 7.97. The molecule has 0 unspecified atom stereocenters. The first-order chi connectivity index (χ1) is 11.2. The van der Waals surface area contributed by atoms with Gasteiger partial charge in [0.1, 0.15) is 0 Å². The minimum Gasteiger partial charge on any atom is -0.351 e. The highest BCUT2D eigenvalue weighted by Gasteiger charge is 2.13. The Kier molecular flexibility index (Phi) is 11.9. The van der Waals surface area contributed by atoms with Gasteiger partial charge in [-0.2, -0.15) is 0 Å². The molecule has 0 bridgehead atoms. The van der Waals surface area contributed by atoms with Crippen molar-refractivity contribution >= 4 is 30.7 Å². The number of carbonyl (C=O) groups is 1. The molecule has 0 aliphatic carbocycles. The smallest absolute Gasteiger partial charge is 0.234 e. The maximum Gasteiger partial charge on any atom is 0.234 e. The molecule has 2 aromatic carbocycles. The van der Waals surface area contributed by atoms with Gasteiger partial charge in [0.25, 0.3) is 0 Å². The lowest BCUT2D eigenvalue weighted by Crippen LogP contribution is -2.43. The predicted octanol–water partition coefficient (Wildman–Crippen LogP) is 3.00. The SMILES string of the molecule is C[C@@H](CN)NC(=O)CN(Cc1ccccc1)Cc1ccccc1.Cl.Cl. The van der Waals surface area contributed by atoms with Gasteiger partial charge < -0.3 is 11.1 Å². The number of amides is 1. The van der Waals surface area contributed by atoms with Gasteiger partial charge >= 0.3 is 0 Å². The van der Waals surface area contributed by atoms with Gasteiger partial charge in [0.05, 0.1) is 6.54 Å². The molecule has 2 rings (SSSR count). The highest BCUT2D eigenvalue weighted by molar-refractivity contribution is 5.85. The van der Waals surface area contributed by atoms with Crippen LogP contribution in [0.5, 0.6) is 0 Å². The van der Waals surface area contributed by atoms with Gasteiger partial charge in [-0.05, 0) is 18.1 Å². The van der Waals surface area contributed by atoms with E-state index in [4.69, 9.17) is 5.73 Å². The number of rotatable bonds is 8. The highest BCUT2D eigenvalue weighted by Crippen LogP contribution is 2.09. The van der Waals surface area contributed by atoms with Crippen molar-refractivity contribution in [2.45, 2.75) is 26.1 Å². The number of nitrogens with one attached hydrogen (secondary N) is 1. The van der Waals surface area contributed by atoms with Gasteiger partial charge in [0, 0.05) is 25.7 Å². The van der Waals surface area contributed by atoms with Gasteiger partial charge in [0.2, 0.25) is 5.91 Å². The van der Waals surface area contributed by atoms with Crippen LogP contribution in [0.1, 0.15) is 18.1 Å². The van der Waals surface area contributed by atoms with Crippen LogP contribution in [0.15, 0.2) is 60.7 Å². The summed E-state index contributed by atoms with van der Waals surface area (Å²) >= 11 is 0. The predicted molar refractivity (Wildman–Crippen MR) is 108 cm³/mol. The van der Waals surface area contributed by atoms with Gasteiger partial charge in [-0.15, -0.1) is 24.8 Å². The van der Waals surface area contributed by atoms with Crippen molar-refractivity contribution in [2.24, 2.45) is 5.73 Å². The van der Waals surface area contributed by atoms with E-state index < -0.39 is 0 Å². The molecular weight excluding hydrogens is 357 g/mol. The normalized spacial score (nSPS) is 11.2. The Morgan fingerprint density at radius 1 is 0.960 bits per heavy atom. The van der Waals surface area contributed by atoms with Gasteiger partial charge in [-0.1, -0.05) is 60.7 Å². The zero-order valence-corrected chi connectivity index (χ0v) is 16.1. The number of hydrogen-bond donors (Lipinski definition) is 2. The molecule has 1 atom stereocenters. The Morgan fingerprint density at radius 3 is 1.80 bits per heavy atom. The van der Waals surface area contributed by atoms with Crippen LogP contribution in [0, 0.1) is 0 Å². The van der Waals surface area contributed by atoms with Crippen LogP contribution in [0.2, 0.25) is 0 Å². The molecule has 2 aromatic rings. The zero-order chi connectivity index (χ0) is 16.5. The van der Waals surface area contributed by atoms with Crippen molar-refractivity contribution in [1.82, 2.24) is 10.2 Å². The van der Waals surface area contributed by atoms with Crippen molar-refractivity contribution in [3.05, 3.63) is 71.8 Å². The fourth-order valence-corrected chi connectivity index (χ4v) is 2.43. The van der Waals surface area contributed by atoms with Crippen LogP contribution in [0.3, 0.4) is 0 Å². The Bertz CT molecular complexity index is 555. The van der Waals surface area contributed by atoms with Crippen LogP contribution < -0.4 is 11.1 Å². The van der Waals surface area contributed by atoms with Gasteiger partial charge in [-0.3, -0.25) is 9.69 Å². The summed E-state index contributed by atoms with van der Waals surface area (Å²) in [5.41, 5.74) is 7.96. The number of nitrogens with two attached hydrogens (primary N) is 1. The molecule has 1 amide bonds. The lowest BCUT2D eigenvalue weighted by Gasteiger charge is -2.23. The van der Waals surface area contributed by atoms with E-state index in [1.165, 1.54) is 11.1 Å². The lowest BCUT2D eigenvalue weighted by molar-refractivity contribution is -0.123. The number of nitrogens with zero attached hydrogens (tertiary/aromatic N) is 1. The molecule has 6 heteroatoms. The highest BCUT2D eigenvalue weighted by atomic mass is 35.5. The number of benzene rings is 2. The molecule has 138 valence electrons. The molecule has 0 fully saturated rings. The topological polar surface area (TPSA) is 58.4 Å². The Labute approximate surface area is 162 Å². The number of hydrogen-bond acceptors (Lipinski definition) is 3. The second kappa shape index (κ2) is 12.7. The summed E-state index contributed by atoms with van der Waals surface area (Å²) in [4.78, 5) is 14.3. The average Bonchev–Trinajstić information content (AvgIpc) is 2.56. The van der Waals surface area contributed by atoms with Crippen molar-refractivity contribution < 1.29 is 4.79 Å². The lowest BCUT2D eigenvalue weighted by atomic mass is 10.1. The van der Waals surface area contributed by atoms with Crippen LogP contribution in [-0.4, -0.2) is 29.9 Å². The van der Waals surface area contributed by atoms with E-state index in [-0.39, 0.29) is 36.8 Å². The van der Waals surface area contributed by atoms with Gasteiger partial charge in [-0.25, -0.2) is 0 Å². The maximum atomic E-state index is 12.2. The summed E-state index contributed by atoms with van der Waals surface area (Å²) in [6, 6.07) is 20.4. The summed E-state index contributed by atoms with van der Waals surface area (Å²) < 4.78 is 0. The van der Waals surface area contributed by atoms with Gasteiger partial charge in [0.15, 0.2) is 0 Å². The second-order valence-electron chi connectivity index (χ2n) is 5.82. The Hall–Kier alpha value is -1.59. The fraction of sp³-hybridized carbons (Fsp3) is 0.316. The van der Waals surface area contributed by atoms with E-state index in [0.717, 1.165) is 13.1 Å². The van der Waals surface area contributed by atoms with E-state index >= 15 is 0 Å². The third kappa shape index (κ3) is 8.89. The zero-order valence-electron chi connectivity index (χ0n) is 14.4. The summed E-state index contributed by atoms with van der Waals surface area (Å²) in [5.74, 6) is 0.00909. The third-order valence-corrected chi connectivity index (χ3v) is 3.63. The average molecular weight is 384 g/mol.